The Morgan fingerprint density at radius 1 is 1.05 bits per heavy atom. The molecule has 0 aliphatic rings. The van der Waals surface area contributed by atoms with Crippen molar-refractivity contribution in [1.82, 2.24) is 0 Å². The Morgan fingerprint density at radius 2 is 1.65 bits per heavy atom. The van der Waals surface area contributed by atoms with Crippen LogP contribution in [0.5, 0.6) is 0 Å². The van der Waals surface area contributed by atoms with Gasteiger partial charge in [0.2, 0.25) is 0 Å². The van der Waals surface area contributed by atoms with E-state index in [1.165, 1.54) is 25.1 Å². The highest BCUT2D eigenvalue weighted by molar-refractivity contribution is 14.1. The summed E-state index contributed by atoms with van der Waals surface area (Å²) >= 11 is 1.83. The second-order valence-corrected chi connectivity index (χ2v) is 6.95. The third-order valence-corrected chi connectivity index (χ3v) is 5.02. The van der Waals surface area contributed by atoms with Crippen LogP contribution in [0, 0.1) is 22.1 Å². The first kappa shape index (κ1) is 15.2. The number of benzene rings is 2. The van der Waals surface area contributed by atoms with E-state index in [9.17, 15) is 17.2 Å². The fraction of sp³-hybridized carbons (Fsp3) is 0.0769. The number of sulfonamides is 1. The van der Waals surface area contributed by atoms with Crippen molar-refractivity contribution in [2.45, 2.75) is 11.8 Å². The monoisotopic (exact) mass is 409 g/mol. The first-order chi connectivity index (χ1) is 9.29. The van der Waals surface area contributed by atoms with Crippen molar-refractivity contribution in [3.05, 3.63) is 57.2 Å². The van der Waals surface area contributed by atoms with Crippen LogP contribution in [-0.4, -0.2) is 8.42 Å². The minimum Gasteiger partial charge on any atom is -0.279 e. The van der Waals surface area contributed by atoms with E-state index >= 15 is 0 Å². The second-order valence-electron chi connectivity index (χ2n) is 4.14. The van der Waals surface area contributed by atoms with Crippen molar-refractivity contribution < 1.29 is 17.2 Å². The summed E-state index contributed by atoms with van der Waals surface area (Å²) in [6.45, 7) is 1.51. The molecule has 0 unspecified atom stereocenters. The molecule has 0 saturated heterocycles. The molecule has 0 heterocycles. The standard InChI is InChI=1S/C13H10F2INO2S/c1-8-6-9(14)3-5-13(8)20(18,19)17-12-4-2-10(15)7-11(12)16/h2-7,17H,1H3. The second kappa shape index (κ2) is 5.65. The summed E-state index contributed by atoms with van der Waals surface area (Å²) in [6, 6.07) is 7.14. The van der Waals surface area contributed by atoms with Gasteiger partial charge in [-0.05, 0) is 71.5 Å². The minimum absolute atomic E-state index is 0.0148. The van der Waals surface area contributed by atoms with Crippen LogP contribution in [0.2, 0.25) is 0 Å². The van der Waals surface area contributed by atoms with Gasteiger partial charge in [0, 0.05) is 3.57 Å². The lowest BCUT2D eigenvalue weighted by Crippen LogP contribution is -2.15. The molecule has 0 aliphatic heterocycles. The van der Waals surface area contributed by atoms with Gasteiger partial charge in [-0.1, -0.05) is 0 Å². The predicted molar refractivity (Wildman–Crippen MR) is 81.1 cm³/mol. The van der Waals surface area contributed by atoms with Crippen molar-refractivity contribution >= 4 is 38.3 Å². The lowest BCUT2D eigenvalue weighted by molar-refractivity contribution is 0.598. The SMILES string of the molecule is Cc1cc(F)ccc1S(=O)(=O)Nc1ccc(F)cc1I. The highest BCUT2D eigenvalue weighted by atomic mass is 127. The summed E-state index contributed by atoms with van der Waals surface area (Å²) in [5.74, 6) is -0.951. The molecule has 2 aromatic rings. The van der Waals surface area contributed by atoms with Gasteiger partial charge in [0.1, 0.15) is 11.6 Å². The van der Waals surface area contributed by atoms with Crippen LogP contribution >= 0.6 is 22.6 Å². The van der Waals surface area contributed by atoms with Gasteiger partial charge < -0.3 is 0 Å². The van der Waals surface area contributed by atoms with Crippen LogP contribution in [0.25, 0.3) is 0 Å². The largest absolute Gasteiger partial charge is 0.279 e. The van der Waals surface area contributed by atoms with E-state index < -0.39 is 21.7 Å². The molecule has 0 spiro atoms. The van der Waals surface area contributed by atoms with Crippen molar-refractivity contribution in [1.29, 1.82) is 0 Å². The summed E-state index contributed by atoms with van der Waals surface area (Å²) in [5, 5.41) is 0. The Labute approximate surface area is 129 Å². The van der Waals surface area contributed by atoms with Gasteiger partial charge in [0.25, 0.3) is 10.0 Å². The number of anilines is 1. The zero-order valence-electron chi connectivity index (χ0n) is 10.3. The van der Waals surface area contributed by atoms with Crippen LogP contribution < -0.4 is 4.72 Å². The van der Waals surface area contributed by atoms with E-state index in [1.54, 1.807) is 0 Å². The van der Waals surface area contributed by atoms with Crippen LogP contribution in [-0.2, 0) is 10.0 Å². The maximum absolute atomic E-state index is 13.0. The maximum Gasteiger partial charge on any atom is 0.262 e. The number of hydrogen-bond donors (Lipinski definition) is 1. The molecule has 0 radical (unpaired) electrons. The Hall–Kier alpha value is -1.22. The van der Waals surface area contributed by atoms with Crippen molar-refractivity contribution in [2.75, 3.05) is 4.72 Å². The molecule has 0 aliphatic carbocycles. The predicted octanol–water partition coefficient (Wildman–Crippen LogP) is 3.68. The minimum atomic E-state index is -3.84. The molecular formula is C13H10F2INO2S. The van der Waals surface area contributed by atoms with Gasteiger partial charge in [-0.25, -0.2) is 17.2 Å². The third kappa shape index (κ3) is 3.26. The fourth-order valence-electron chi connectivity index (χ4n) is 1.69. The molecule has 2 aromatic carbocycles. The molecule has 0 amide bonds. The van der Waals surface area contributed by atoms with Crippen molar-refractivity contribution in [3.63, 3.8) is 0 Å². The van der Waals surface area contributed by atoms with Gasteiger partial charge in [-0.2, -0.15) is 0 Å². The zero-order chi connectivity index (χ0) is 14.9. The molecule has 2 rings (SSSR count). The molecular weight excluding hydrogens is 399 g/mol. The number of aryl methyl sites for hydroxylation is 1. The lowest BCUT2D eigenvalue weighted by Gasteiger charge is -2.11. The summed E-state index contributed by atoms with van der Waals surface area (Å²) < 4.78 is 53.3. The first-order valence-electron chi connectivity index (χ1n) is 5.53. The Kier molecular flexibility index (Phi) is 4.28. The van der Waals surface area contributed by atoms with Crippen LogP contribution in [0.3, 0.4) is 0 Å². The van der Waals surface area contributed by atoms with Gasteiger partial charge >= 0.3 is 0 Å². The zero-order valence-corrected chi connectivity index (χ0v) is 13.3. The molecule has 1 N–H and O–H groups in total. The van der Waals surface area contributed by atoms with Gasteiger partial charge in [-0.15, -0.1) is 0 Å². The van der Waals surface area contributed by atoms with E-state index in [0.717, 1.165) is 18.2 Å². The maximum atomic E-state index is 13.0. The molecule has 0 atom stereocenters. The molecule has 7 heteroatoms. The van der Waals surface area contributed by atoms with Gasteiger partial charge in [0.05, 0.1) is 10.6 Å². The lowest BCUT2D eigenvalue weighted by atomic mass is 10.2. The Morgan fingerprint density at radius 3 is 2.25 bits per heavy atom. The van der Waals surface area contributed by atoms with Crippen molar-refractivity contribution in [3.8, 4) is 0 Å². The first-order valence-corrected chi connectivity index (χ1v) is 8.10. The topological polar surface area (TPSA) is 46.2 Å². The number of halogens is 3. The number of nitrogens with one attached hydrogen (secondary N) is 1. The van der Waals surface area contributed by atoms with Crippen LogP contribution in [0.15, 0.2) is 41.3 Å². The van der Waals surface area contributed by atoms with Crippen molar-refractivity contribution in [2.24, 2.45) is 0 Å². The molecule has 0 fully saturated rings. The number of rotatable bonds is 3. The average molecular weight is 409 g/mol. The summed E-state index contributed by atoms with van der Waals surface area (Å²) in [5.41, 5.74) is 0.574. The van der Waals surface area contributed by atoms with E-state index in [4.69, 9.17) is 0 Å². The third-order valence-electron chi connectivity index (χ3n) is 2.60. The van der Waals surface area contributed by atoms with E-state index in [2.05, 4.69) is 4.72 Å². The van der Waals surface area contributed by atoms with Crippen LogP contribution in [0.4, 0.5) is 14.5 Å². The Balaban J connectivity index is 2.41. The smallest absolute Gasteiger partial charge is 0.262 e. The molecule has 20 heavy (non-hydrogen) atoms. The summed E-state index contributed by atoms with van der Waals surface area (Å²) in [6.07, 6.45) is 0. The molecule has 0 aromatic heterocycles. The highest BCUT2D eigenvalue weighted by Crippen LogP contribution is 2.24. The van der Waals surface area contributed by atoms with E-state index in [-0.39, 0.29) is 10.6 Å². The summed E-state index contributed by atoms with van der Waals surface area (Å²) in [4.78, 5) is -0.0148. The van der Waals surface area contributed by atoms with E-state index in [1.807, 2.05) is 22.6 Å². The molecule has 0 bridgehead atoms. The Bertz CT molecular complexity index is 763. The quantitative estimate of drug-likeness (QED) is 0.787. The normalized spacial score (nSPS) is 11.4. The molecule has 3 nitrogen and oxygen atoms in total. The average Bonchev–Trinajstić information content (AvgIpc) is 2.32. The van der Waals surface area contributed by atoms with Crippen LogP contribution in [0.1, 0.15) is 5.56 Å². The summed E-state index contributed by atoms with van der Waals surface area (Å²) in [7, 11) is -3.84. The number of hydrogen-bond acceptors (Lipinski definition) is 2. The van der Waals surface area contributed by atoms with Gasteiger partial charge in [-0.3, -0.25) is 4.72 Å². The molecule has 0 saturated carbocycles. The van der Waals surface area contributed by atoms with Gasteiger partial charge in [0.15, 0.2) is 0 Å². The van der Waals surface area contributed by atoms with E-state index in [0.29, 0.717) is 9.13 Å². The fourth-order valence-corrected chi connectivity index (χ4v) is 3.79. The molecule has 106 valence electrons. The highest BCUT2D eigenvalue weighted by Gasteiger charge is 2.18.